The van der Waals surface area contributed by atoms with Gasteiger partial charge in [-0.25, -0.2) is 18.2 Å². The molecule has 4 rings (SSSR count). The predicted molar refractivity (Wildman–Crippen MR) is 162 cm³/mol. The SMILES string of the molecule is CC1(C)CCN(S(=O)(=O)c2cc(Cl)cc(Cl)c2)C1C(=O)NC(Cc1ccc(NC(=O)c2c(Cl)cncc2Cl)nc1)C(=O)O. The average molecular weight is 689 g/mol. The van der Waals surface area contributed by atoms with Crippen molar-refractivity contribution in [2.45, 2.75) is 43.7 Å². The normalized spacial score (nSPS) is 17.3. The molecule has 3 aromatic rings. The topological polar surface area (TPSA) is 159 Å². The zero-order chi connectivity index (χ0) is 31.7. The molecule has 16 heteroatoms. The molecule has 3 N–H and O–H groups in total. The molecule has 1 aliphatic rings. The summed E-state index contributed by atoms with van der Waals surface area (Å²) in [7, 11) is -4.21. The number of pyridine rings is 2. The quantitative estimate of drug-likeness (QED) is 0.285. The van der Waals surface area contributed by atoms with Gasteiger partial charge in [0.2, 0.25) is 15.9 Å². The van der Waals surface area contributed by atoms with Gasteiger partial charge in [0, 0.05) is 41.6 Å². The first kappa shape index (κ1) is 32.9. The molecule has 1 saturated heterocycles. The minimum Gasteiger partial charge on any atom is -0.480 e. The summed E-state index contributed by atoms with van der Waals surface area (Å²) in [5.41, 5.74) is -0.374. The van der Waals surface area contributed by atoms with E-state index in [-0.39, 0.29) is 49.3 Å². The van der Waals surface area contributed by atoms with Crippen molar-refractivity contribution in [3.05, 3.63) is 80.1 Å². The van der Waals surface area contributed by atoms with Crippen LogP contribution >= 0.6 is 46.4 Å². The summed E-state index contributed by atoms with van der Waals surface area (Å²) in [5, 5.41) is 15.3. The van der Waals surface area contributed by atoms with Gasteiger partial charge in [-0.3, -0.25) is 14.6 Å². The van der Waals surface area contributed by atoms with Crippen LogP contribution in [0.2, 0.25) is 20.1 Å². The summed E-state index contributed by atoms with van der Waals surface area (Å²) >= 11 is 24.1. The third-order valence-corrected chi connectivity index (χ3v) is 9.75. The zero-order valence-corrected chi connectivity index (χ0v) is 26.5. The first-order valence-electron chi connectivity index (χ1n) is 12.7. The monoisotopic (exact) mass is 687 g/mol. The maximum absolute atomic E-state index is 13.5. The molecule has 228 valence electrons. The number of nitrogens with zero attached hydrogens (tertiary/aromatic N) is 3. The number of anilines is 1. The lowest BCUT2D eigenvalue weighted by atomic mass is 9.84. The fourth-order valence-electron chi connectivity index (χ4n) is 4.72. The van der Waals surface area contributed by atoms with Gasteiger partial charge in [0.25, 0.3) is 5.91 Å². The van der Waals surface area contributed by atoms with Crippen LogP contribution in [0.4, 0.5) is 5.82 Å². The van der Waals surface area contributed by atoms with E-state index in [1.54, 1.807) is 13.8 Å². The van der Waals surface area contributed by atoms with Crippen molar-refractivity contribution in [2.75, 3.05) is 11.9 Å². The molecule has 0 aliphatic carbocycles. The second-order valence-corrected chi connectivity index (χ2v) is 14.0. The fourth-order valence-corrected chi connectivity index (χ4v) is 7.73. The van der Waals surface area contributed by atoms with Gasteiger partial charge in [0.1, 0.15) is 17.9 Å². The van der Waals surface area contributed by atoms with Crippen molar-refractivity contribution in [3.8, 4) is 0 Å². The highest BCUT2D eigenvalue weighted by Crippen LogP contribution is 2.40. The fraction of sp³-hybridized carbons (Fsp3) is 0.296. The Labute approximate surface area is 267 Å². The summed E-state index contributed by atoms with van der Waals surface area (Å²) in [6, 6.07) is 4.22. The Morgan fingerprint density at radius 3 is 2.23 bits per heavy atom. The number of aromatic nitrogens is 2. The third-order valence-electron chi connectivity index (χ3n) is 6.90. The van der Waals surface area contributed by atoms with E-state index in [0.29, 0.717) is 12.0 Å². The Bertz CT molecular complexity index is 1650. The van der Waals surface area contributed by atoms with E-state index < -0.39 is 45.3 Å². The Balaban J connectivity index is 1.50. The molecule has 11 nitrogen and oxygen atoms in total. The van der Waals surface area contributed by atoms with Crippen molar-refractivity contribution in [3.63, 3.8) is 0 Å². The van der Waals surface area contributed by atoms with E-state index in [0.717, 1.165) is 4.31 Å². The average Bonchev–Trinajstić information content (AvgIpc) is 3.24. The molecule has 43 heavy (non-hydrogen) atoms. The number of sulfonamides is 1. The van der Waals surface area contributed by atoms with Gasteiger partial charge in [-0.1, -0.05) is 66.3 Å². The van der Waals surface area contributed by atoms with Crippen LogP contribution in [0.15, 0.2) is 53.8 Å². The Morgan fingerprint density at radius 1 is 1.05 bits per heavy atom. The van der Waals surface area contributed by atoms with Gasteiger partial charge >= 0.3 is 5.97 Å². The van der Waals surface area contributed by atoms with Crippen LogP contribution in [0.5, 0.6) is 0 Å². The number of aliphatic carboxylic acids is 1. The number of benzene rings is 1. The lowest BCUT2D eigenvalue weighted by molar-refractivity contribution is -0.142. The molecule has 0 radical (unpaired) electrons. The number of nitrogens with one attached hydrogen (secondary N) is 2. The number of amides is 2. The number of carbonyl (C=O) groups excluding carboxylic acids is 2. The first-order valence-corrected chi connectivity index (χ1v) is 15.6. The lowest BCUT2D eigenvalue weighted by Crippen LogP contribution is -2.55. The van der Waals surface area contributed by atoms with Crippen LogP contribution < -0.4 is 10.6 Å². The number of halogens is 4. The summed E-state index contributed by atoms with van der Waals surface area (Å²) in [5.74, 6) is -2.58. The van der Waals surface area contributed by atoms with Crippen molar-refractivity contribution >= 4 is 80.0 Å². The minimum atomic E-state index is -4.21. The molecule has 2 atom stereocenters. The minimum absolute atomic E-state index is 0.0159. The summed E-state index contributed by atoms with van der Waals surface area (Å²) in [6.45, 7) is 3.50. The Morgan fingerprint density at radius 2 is 1.67 bits per heavy atom. The maximum Gasteiger partial charge on any atom is 0.326 e. The lowest BCUT2D eigenvalue weighted by Gasteiger charge is -2.32. The van der Waals surface area contributed by atoms with Gasteiger partial charge in [-0.05, 0) is 41.7 Å². The van der Waals surface area contributed by atoms with Gasteiger partial charge < -0.3 is 15.7 Å². The molecule has 2 aromatic heterocycles. The number of hydrogen-bond donors (Lipinski definition) is 3. The van der Waals surface area contributed by atoms with E-state index in [4.69, 9.17) is 46.4 Å². The predicted octanol–water partition coefficient (Wildman–Crippen LogP) is 4.94. The molecule has 2 amide bonds. The smallest absolute Gasteiger partial charge is 0.326 e. The van der Waals surface area contributed by atoms with Crippen LogP contribution in [-0.2, 0) is 26.0 Å². The molecule has 2 unspecified atom stereocenters. The van der Waals surface area contributed by atoms with E-state index >= 15 is 0 Å². The van der Waals surface area contributed by atoms with Crippen LogP contribution in [-0.4, -0.2) is 64.2 Å². The van der Waals surface area contributed by atoms with Crippen LogP contribution in [0.25, 0.3) is 0 Å². The zero-order valence-electron chi connectivity index (χ0n) is 22.6. The van der Waals surface area contributed by atoms with E-state index in [2.05, 4.69) is 20.6 Å². The Kier molecular flexibility index (Phi) is 9.89. The summed E-state index contributed by atoms with van der Waals surface area (Å²) in [6.07, 6.45) is 4.06. The molecule has 1 aromatic carbocycles. The second kappa shape index (κ2) is 12.9. The maximum atomic E-state index is 13.5. The van der Waals surface area contributed by atoms with Gasteiger partial charge in [-0.2, -0.15) is 4.31 Å². The highest BCUT2D eigenvalue weighted by Gasteiger charge is 2.50. The van der Waals surface area contributed by atoms with Gasteiger partial charge in [0.15, 0.2) is 0 Å². The Hall–Kier alpha value is -3.00. The van der Waals surface area contributed by atoms with E-state index in [1.807, 2.05) is 0 Å². The standard InChI is InChI=1S/C27H25Cl4N5O6S/c1-27(2)5-6-36(43(41,42)17-9-15(28)8-16(29)10-17)23(27)25(38)34-20(26(39)40)7-14-3-4-21(33-11-14)35-24(37)22-18(30)12-32-13-19(22)31/h3-4,8-13,20,23H,5-7H2,1-2H3,(H,34,38)(H,39,40)(H,33,35,37). The van der Waals surface area contributed by atoms with E-state index in [1.165, 1.54) is 48.9 Å². The summed E-state index contributed by atoms with van der Waals surface area (Å²) in [4.78, 5) is 46.0. The number of carboxylic acids is 1. The van der Waals surface area contributed by atoms with Gasteiger partial charge in [-0.15, -0.1) is 0 Å². The van der Waals surface area contributed by atoms with Crippen LogP contribution in [0.3, 0.4) is 0 Å². The molecule has 1 aliphatic heterocycles. The molecule has 0 spiro atoms. The van der Waals surface area contributed by atoms with Crippen molar-refractivity contribution in [1.29, 1.82) is 0 Å². The number of carbonyl (C=O) groups is 3. The molecule has 3 heterocycles. The van der Waals surface area contributed by atoms with Crippen LogP contribution in [0, 0.1) is 5.41 Å². The number of carboxylic acid groups (broad SMARTS) is 1. The largest absolute Gasteiger partial charge is 0.480 e. The van der Waals surface area contributed by atoms with Crippen molar-refractivity contribution in [1.82, 2.24) is 19.6 Å². The molecule has 0 bridgehead atoms. The summed E-state index contributed by atoms with van der Waals surface area (Å²) < 4.78 is 28.1. The first-order chi connectivity index (χ1) is 20.1. The third kappa shape index (κ3) is 7.39. The molecular formula is C27H25Cl4N5O6S. The molecule has 0 saturated carbocycles. The molecule has 1 fully saturated rings. The van der Waals surface area contributed by atoms with Gasteiger partial charge in [0.05, 0.1) is 20.5 Å². The van der Waals surface area contributed by atoms with E-state index in [9.17, 15) is 27.9 Å². The number of rotatable bonds is 9. The van der Waals surface area contributed by atoms with Crippen molar-refractivity contribution < 1.29 is 27.9 Å². The molecular weight excluding hydrogens is 664 g/mol. The van der Waals surface area contributed by atoms with Crippen molar-refractivity contribution in [2.24, 2.45) is 5.41 Å². The number of hydrogen-bond acceptors (Lipinski definition) is 7. The highest BCUT2D eigenvalue weighted by atomic mass is 35.5. The van der Waals surface area contributed by atoms with Crippen LogP contribution in [0.1, 0.15) is 36.2 Å². The second-order valence-electron chi connectivity index (χ2n) is 10.4. The highest BCUT2D eigenvalue weighted by molar-refractivity contribution is 7.89.